The van der Waals surface area contributed by atoms with E-state index in [0.717, 1.165) is 6.42 Å². The Hall–Kier alpha value is -1.36. The van der Waals surface area contributed by atoms with Crippen LogP contribution in [-0.4, -0.2) is 28.0 Å². The highest BCUT2D eigenvalue weighted by Gasteiger charge is 2.34. The van der Waals surface area contributed by atoms with E-state index in [9.17, 15) is 4.79 Å². The molecule has 1 aromatic heterocycles. The first-order chi connectivity index (χ1) is 5.77. The van der Waals surface area contributed by atoms with Crippen LogP contribution in [0.2, 0.25) is 0 Å². The van der Waals surface area contributed by atoms with E-state index in [0.29, 0.717) is 5.69 Å². The van der Waals surface area contributed by atoms with E-state index in [2.05, 4.69) is 15.3 Å². The summed E-state index contributed by atoms with van der Waals surface area (Å²) in [4.78, 5) is 17.7. The number of nitrogens with two attached hydrogens (primary N) is 1. The van der Waals surface area contributed by atoms with Crippen LogP contribution in [0.25, 0.3) is 0 Å². The quantitative estimate of drug-likeness (QED) is 0.540. The van der Waals surface area contributed by atoms with Crippen LogP contribution in [0.1, 0.15) is 16.9 Å². The Labute approximate surface area is 69.4 Å². The monoisotopic (exact) mass is 166 g/mol. The van der Waals surface area contributed by atoms with Crippen molar-refractivity contribution in [3.63, 3.8) is 0 Å². The third-order valence-corrected chi connectivity index (χ3v) is 1.90. The van der Waals surface area contributed by atoms with Crippen LogP contribution in [0.15, 0.2) is 12.5 Å². The number of aromatic amines is 1. The van der Waals surface area contributed by atoms with E-state index >= 15 is 0 Å². The third-order valence-electron chi connectivity index (χ3n) is 1.90. The van der Waals surface area contributed by atoms with Gasteiger partial charge in [-0.05, 0) is 6.42 Å². The molecule has 0 bridgehead atoms. The van der Waals surface area contributed by atoms with Crippen LogP contribution >= 0.6 is 0 Å². The molecule has 1 aromatic rings. The Kier molecular flexibility index (Phi) is 1.58. The maximum absolute atomic E-state index is 11.3. The SMILES string of the molecule is NC1CC1NC(=O)c1cnc[nH]1. The number of nitrogens with zero attached hydrogens (tertiary/aromatic N) is 1. The Balaban J connectivity index is 1.93. The molecular formula is C7H10N4O. The van der Waals surface area contributed by atoms with Crippen LogP contribution in [0.3, 0.4) is 0 Å². The van der Waals surface area contributed by atoms with Gasteiger partial charge >= 0.3 is 0 Å². The summed E-state index contributed by atoms with van der Waals surface area (Å²) in [6.45, 7) is 0. The number of imidazole rings is 1. The van der Waals surface area contributed by atoms with E-state index in [-0.39, 0.29) is 18.0 Å². The van der Waals surface area contributed by atoms with Crippen molar-refractivity contribution in [3.8, 4) is 0 Å². The highest BCUT2D eigenvalue weighted by Crippen LogP contribution is 2.17. The minimum atomic E-state index is -0.134. The van der Waals surface area contributed by atoms with Gasteiger partial charge in [-0.25, -0.2) is 4.98 Å². The van der Waals surface area contributed by atoms with E-state index in [1.54, 1.807) is 0 Å². The lowest BCUT2D eigenvalue weighted by atomic mass is 10.4. The van der Waals surface area contributed by atoms with Gasteiger partial charge in [0.1, 0.15) is 5.69 Å². The molecule has 5 nitrogen and oxygen atoms in total. The molecular weight excluding hydrogens is 156 g/mol. The third kappa shape index (κ3) is 1.31. The summed E-state index contributed by atoms with van der Waals surface area (Å²) in [6, 6.07) is 0.290. The van der Waals surface area contributed by atoms with Gasteiger partial charge in [0.2, 0.25) is 0 Å². The number of aromatic nitrogens is 2. The molecule has 2 rings (SSSR count). The largest absolute Gasteiger partial charge is 0.346 e. The topological polar surface area (TPSA) is 83.8 Å². The first-order valence-electron chi connectivity index (χ1n) is 3.82. The van der Waals surface area contributed by atoms with Crippen molar-refractivity contribution in [1.82, 2.24) is 15.3 Å². The predicted molar refractivity (Wildman–Crippen MR) is 42.4 cm³/mol. The van der Waals surface area contributed by atoms with Crippen LogP contribution < -0.4 is 11.1 Å². The molecule has 2 atom stereocenters. The summed E-state index contributed by atoms with van der Waals surface area (Å²) in [5.74, 6) is -0.134. The minimum Gasteiger partial charge on any atom is -0.346 e. The average Bonchev–Trinajstić information content (AvgIpc) is 2.58. The van der Waals surface area contributed by atoms with Crippen molar-refractivity contribution in [2.24, 2.45) is 5.73 Å². The number of hydrogen-bond acceptors (Lipinski definition) is 3. The minimum absolute atomic E-state index is 0.134. The van der Waals surface area contributed by atoms with Gasteiger partial charge in [-0.2, -0.15) is 0 Å². The molecule has 1 fully saturated rings. The zero-order valence-corrected chi connectivity index (χ0v) is 6.45. The van der Waals surface area contributed by atoms with Crippen LogP contribution in [0.4, 0.5) is 0 Å². The fraction of sp³-hybridized carbons (Fsp3) is 0.429. The number of nitrogens with one attached hydrogen (secondary N) is 2. The summed E-state index contributed by atoms with van der Waals surface area (Å²) < 4.78 is 0. The molecule has 0 aromatic carbocycles. The smallest absolute Gasteiger partial charge is 0.269 e. The highest BCUT2D eigenvalue weighted by molar-refractivity contribution is 5.92. The van der Waals surface area contributed by atoms with Crippen LogP contribution in [-0.2, 0) is 0 Å². The molecule has 12 heavy (non-hydrogen) atoms. The summed E-state index contributed by atoms with van der Waals surface area (Å²) in [7, 11) is 0. The van der Waals surface area contributed by atoms with Gasteiger partial charge in [-0.3, -0.25) is 4.79 Å². The predicted octanol–water partition coefficient (Wildman–Crippen LogP) is -0.761. The lowest BCUT2D eigenvalue weighted by Crippen LogP contribution is -2.29. The molecule has 0 aliphatic heterocycles. The lowest BCUT2D eigenvalue weighted by Gasteiger charge is -1.99. The van der Waals surface area contributed by atoms with Gasteiger partial charge in [-0.1, -0.05) is 0 Å². The van der Waals surface area contributed by atoms with E-state index in [1.807, 2.05) is 0 Å². The maximum atomic E-state index is 11.3. The van der Waals surface area contributed by atoms with Gasteiger partial charge < -0.3 is 16.0 Å². The molecule has 0 saturated heterocycles. The van der Waals surface area contributed by atoms with Gasteiger partial charge in [0.25, 0.3) is 5.91 Å². The zero-order chi connectivity index (χ0) is 8.55. The summed E-state index contributed by atoms with van der Waals surface area (Å²) in [5.41, 5.74) is 6.01. The molecule has 5 heteroatoms. The number of amides is 1. The van der Waals surface area contributed by atoms with E-state index in [4.69, 9.17) is 5.73 Å². The number of H-pyrrole nitrogens is 1. The fourth-order valence-corrected chi connectivity index (χ4v) is 1.01. The van der Waals surface area contributed by atoms with E-state index in [1.165, 1.54) is 12.5 Å². The lowest BCUT2D eigenvalue weighted by molar-refractivity contribution is 0.0946. The first kappa shape index (κ1) is 7.30. The van der Waals surface area contributed by atoms with Crippen molar-refractivity contribution in [2.45, 2.75) is 18.5 Å². The number of hydrogen-bond donors (Lipinski definition) is 3. The van der Waals surface area contributed by atoms with Gasteiger partial charge in [0.15, 0.2) is 0 Å². The van der Waals surface area contributed by atoms with Gasteiger partial charge in [0.05, 0.1) is 12.5 Å². The Morgan fingerprint density at radius 2 is 2.58 bits per heavy atom. The molecule has 64 valence electrons. The molecule has 0 spiro atoms. The molecule has 2 unspecified atom stereocenters. The Bertz CT molecular complexity index is 282. The second-order valence-corrected chi connectivity index (χ2v) is 2.94. The maximum Gasteiger partial charge on any atom is 0.269 e. The summed E-state index contributed by atoms with van der Waals surface area (Å²) in [5, 5.41) is 2.77. The van der Waals surface area contributed by atoms with Gasteiger partial charge in [-0.15, -0.1) is 0 Å². The summed E-state index contributed by atoms with van der Waals surface area (Å²) >= 11 is 0. The first-order valence-corrected chi connectivity index (χ1v) is 3.82. The van der Waals surface area contributed by atoms with Crippen molar-refractivity contribution in [2.75, 3.05) is 0 Å². The van der Waals surface area contributed by atoms with Crippen molar-refractivity contribution < 1.29 is 4.79 Å². The second-order valence-electron chi connectivity index (χ2n) is 2.94. The second kappa shape index (κ2) is 2.60. The van der Waals surface area contributed by atoms with Crippen molar-refractivity contribution in [3.05, 3.63) is 18.2 Å². The number of carbonyl (C=O) groups is 1. The standard InChI is InChI=1S/C7H10N4O/c8-4-1-5(4)11-7(12)6-2-9-3-10-6/h2-5H,1,8H2,(H,9,10)(H,11,12). The van der Waals surface area contributed by atoms with Crippen LogP contribution in [0, 0.1) is 0 Å². The Morgan fingerprint density at radius 1 is 1.83 bits per heavy atom. The molecule has 1 aliphatic rings. The number of rotatable bonds is 2. The zero-order valence-electron chi connectivity index (χ0n) is 6.45. The van der Waals surface area contributed by atoms with Crippen molar-refractivity contribution in [1.29, 1.82) is 0 Å². The van der Waals surface area contributed by atoms with Crippen LogP contribution in [0.5, 0.6) is 0 Å². The molecule has 1 saturated carbocycles. The normalized spacial score (nSPS) is 26.8. The molecule has 1 amide bonds. The summed E-state index contributed by atoms with van der Waals surface area (Å²) in [6.07, 6.45) is 3.84. The average molecular weight is 166 g/mol. The Morgan fingerprint density at radius 3 is 3.08 bits per heavy atom. The number of carbonyl (C=O) groups excluding carboxylic acids is 1. The van der Waals surface area contributed by atoms with E-state index < -0.39 is 0 Å². The fourth-order valence-electron chi connectivity index (χ4n) is 1.01. The van der Waals surface area contributed by atoms with Gasteiger partial charge in [0, 0.05) is 12.1 Å². The molecule has 4 N–H and O–H groups in total. The highest BCUT2D eigenvalue weighted by atomic mass is 16.2. The molecule has 0 radical (unpaired) electrons. The molecule has 1 heterocycles. The van der Waals surface area contributed by atoms with Crippen molar-refractivity contribution >= 4 is 5.91 Å². The molecule has 1 aliphatic carbocycles.